The molecular weight excluding hydrogens is 232 g/mol. The fourth-order valence-corrected chi connectivity index (χ4v) is 2.17. The Hall–Kier alpha value is -1.33. The molecule has 0 aromatic carbocycles. The lowest BCUT2D eigenvalue weighted by atomic mass is 10.2. The molecule has 5 heteroatoms. The van der Waals surface area contributed by atoms with Crippen molar-refractivity contribution in [3.8, 4) is 0 Å². The number of morpholine rings is 1. The number of carbonyl (C=O) groups is 1. The molecule has 100 valence electrons. The summed E-state index contributed by atoms with van der Waals surface area (Å²) in [4.78, 5) is 13.9. The zero-order valence-corrected chi connectivity index (χ0v) is 11.2. The van der Waals surface area contributed by atoms with Gasteiger partial charge in [0.1, 0.15) is 11.5 Å². The van der Waals surface area contributed by atoms with Crippen LogP contribution in [0.2, 0.25) is 0 Å². The lowest BCUT2D eigenvalue weighted by Gasteiger charge is -2.27. The molecule has 2 rings (SSSR count). The molecular formula is C13H20N2O3. The van der Waals surface area contributed by atoms with Crippen molar-refractivity contribution in [2.75, 3.05) is 33.3 Å². The summed E-state index contributed by atoms with van der Waals surface area (Å²) in [5.41, 5.74) is 0.638. The third kappa shape index (κ3) is 2.91. The van der Waals surface area contributed by atoms with Crippen molar-refractivity contribution >= 4 is 5.91 Å². The standard InChI is InChI=1S/C13H20N2O3/c1-9-6-12(10(2)18-9)13(16)15(3)8-11-7-14-4-5-17-11/h6,11,14H,4-5,7-8H2,1-3H3. The highest BCUT2D eigenvalue weighted by Crippen LogP contribution is 2.15. The second kappa shape index (κ2) is 5.54. The van der Waals surface area contributed by atoms with Gasteiger partial charge in [-0.25, -0.2) is 0 Å². The summed E-state index contributed by atoms with van der Waals surface area (Å²) < 4.78 is 11.0. The van der Waals surface area contributed by atoms with E-state index in [4.69, 9.17) is 9.15 Å². The van der Waals surface area contributed by atoms with Gasteiger partial charge in [-0.1, -0.05) is 0 Å². The van der Waals surface area contributed by atoms with Crippen LogP contribution in [0.5, 0.6) is 0 Å². The maximum absolute atomic E-state index is 12.2. The van der Waals surface area contributed by atoms with Crippen LogP contribution in [0.1, 0.15) is 21.9 Å². The number of nitrogens with one attached hydrogen (secondary N) is 1. The average Bonchev–Trinajstić information content (AvgIpc) is 2.68. The summed E-state index contributed by atoms with van der Waals surface area (Å²) in [5.74, 6) is 1.42. The number of aryl methyl sites for hydroxylation is 2. The molecule has 1 aromatic rings. The minimum absolute atomic E-state index is 0.0153. The highest BCUT2D eigenvalue weighted by Gasteiger charge is 2.22. The van der Waals surface area contributed by atoms with Gasteiger partial charge in [-0.2, -0.15) is 0 Å². The third-order valence-electron chi connectivity index (χ3n) is 3.10. The third-order valence-corrected chi connectivity index (χ3v) is 3.10. The zero-order chi connectivity index (χ0) is 13.1. The van der Waals surface area contributed by atoms with Gasteiger partial charge >= 0.3 is 0 Å². The quantitative estimate of drug-likeness (QED) is 0.870. The van der Waals surface area contributed by atoms with Crippen LogP contribution in [-0.2, 0) is 4.74 Å². The van der Waals surface area contributed by atoms with Gasteiger partial charge in [0, 0.05) is 26.7 Å². The van der Waals surface area contributed by atoms with Gasteiger partial charge in [0.25, 0.3) is 5.91 Å². The van der Waals surface area contributed by atoms with E-state index in [-0.39, 0.29) is 12.0 Å². The van der Waals surface area contributed by atoms with Crippen LogP contribution in [-0.4, -0.2) is 50.2 Å². The number of nitrogens with zero attached hydrogens (tertiary/aromatic N) is 1. The Kier molecular flexibility index (Phi) is 4.04. The monoisotopic (exact) mass is 252 g/mol. The molecule has 0 spiro atoms. The molecule has 1 aliphatic heterocycles. The summed E-state index contributed by atoms with van der Waals surface area (Å²) in [7, 11) is 1.79. The molecule has 0 radical (unpaired) electrons. The van der Waals surface area contributed by atoms with Crippen LogP contribution in [0.3, 0.4) is 0 Å². The van der Waals surface area contributed by atoms with Crippen molar-refractivity contribution in [2.24, 2.45) is 0 Å². The number of carbonyl (C=O) groups excluding carboxylic acids is 1. The fraction of sp³-hybridized carbons (Fsp3) is 0.615. The molecule has 0 saturated carbocycles. The topological polar surface area (TPSA) is 54.7 Å². The first-order valence-electron chi connectivity index (χ1n) is 6.22. The van der Waals surface area contributed by atoms with E-state index < -0.39 is 0 Å². The summed E-state index contributed by atoms with van der Waals surface area (Å²) in [5, 5.41) is 3.25. The number of rotatable bonds is 3. The number of furan rings is 1. The Morgan fingerprint density at radius 1 is 1.56 bits per heavy atom. The van der Waals surface area contributed by atoms with E-state index >= 15 is 0 Å². The van der Waals surface area contributed by atoms with E-state index in [0.717, 1.165) is 18.8 Å². The molecule has 5 nitrogen and oxygen atoms in total. The second-order valence-electron chi connectivity index (χ2n) is 4.71. The van der Waals surface area contributed by atoms with E-state index in [1.807, 2.05) is 13.8 Å². The van der Waals surface area contributed by atoms with Crippen LogP contribution < -0.4 is 5.32 Å². The predicted octanol–water partition coefficient (Wildman–Crippen LogP) is 0.957. The fourth-order valence-electron chi connectivity index (χ4n) is 2.17. The van der Waals surface area contributed by atoms with Crippen molar-refractivity contribution < 1.29 is 13.9 Å². The largest absolute Gasteiger partial charge is 0.466 e. The maximum Gasteiger partial charge on any atom is 0.257 e. The van der Waals surface area contributed by atoms with Gasteiger partial charge in [-0.05, 0) is 19.9 Å². The van der Waals surface area contributed by atoms with Gasteiger partial charge in [0.05, 0.1) is 18.3 Å². The zero-order valence-electron chi connectivity index (χ0n) is 11.2. The lowest BCUT2D eigenvalue weighted by molar-refractivity contribution is 0.0103. The van der Waals surface area contributed by atoms with Gasteiger partial charge < -0.3 is 19.4 Å². The number of amides is 1. The summed E-state index contributed by atoms with van der Waals surface area (Å²) in [6.07, 6.45) is 0.0704. The Bertz CT molecular complexity index is 422. The van der Waals surface area contributed by atoms with Gasteiger partial charge in [0.15, 0.2) is 0 Å². The molecule has 1 aliphatic rings. The highest BCUT2D eigenvalue weighted by molar-refractivity contribution is 5.95. The predicted molar refractivity (Wildman–Crippen MR) is 67.8 cm³/mol. The average molecular weight is 252 g/mol. The number of likely N-dealkylation sites (N-methyl/N-ethyl adjacent to an activating group) is 1. The normalized spacial score (nSPS) is 19.8. The van der Waals surface area contributed by atoms with Gasteiger partial charge in [0.2, 0.25) is 0 Å². The summed E-state index contributed by atoms with van der Waals surface area (Å²) in [6.45, 7) is 6.63. The van der Waals surface area contributed by atoms with Crippen molar-refractivity contribution in [1.29, 1.82) is 0 Å². The number of ether oxygens (including phenoxy) is 1. The molecule has 1 amide bonds. The van der Waals surface area contributed by atoms with E-state index in [1.54, 1.807) is 18.0 Å². The molecule has 18 heavy (non-hydrogen) atoms. The molecule has 0 aliphatic carbocycles. The van der Waals surface area contributed by atoms with Crippen LogP contribution in [0.25, 0.3) is 0 Å². The SMILES string of the molecule is Cc1cc(C(=O)N(C)CC2CNCCO2)c(C)o1. The van der Waals surface area contributed by atoms with Crippen molar-refractivity contribution in [3.63, 3.8) is 0 Å². The first-order chi connectivity index (χ1) is 8.58. The second-order valence-corrected chi connectivity index (χ2v) is 4.71. The summed E-state index contributed by atoms with van der Waals surface area (Å²) >= 11 is 0. The minimum Gasteiger partial charge on any atom is -0.466 e. The molecule has 1 saturated heterocycles. The van der Waals surface area contributed by atoms with E-state index in [2.05, 4.69) is 5.32 Å². The first-order valence-corrected chi connectivity index (χ1v) is 6.22. The Morgan fingerprint density at radius 2 is 2.33 bits per heavy atom. The van der Waals surface area contributed by atoms with Crippen molar-refractivity contribution in [1.82, 2.24) is 10.2 Å². The molecule has 1 fully saturated rings. The number of hydrogen-bond acceptors (Lipinski definition) is 4. The molecule has 1 aromatic heterocycles. The Morgan fingerprint density at radius 3 is 2.89 bits per heavy atom. The van der Waals surface area contributed by atoms with Crippen LogP contribution in [0.15, 0.2) is 10.5 Å². The van der Waals surface area contributed by atoms with Crippen molar-refractivity contribution in [3.05, 3.63) is 23.2 Å². The number of hydrogen-bond donors (Lipinski definition) is 1. The minimum atomic E-state index is -0.0153. The van der Waals surface area contributed by atoms with E-state index in [0.29, 0.717) is 24.5 Å². The Balaban J connectivity index is 1.97. The maximum atomic E-state index is 12.2. The lowest BCUT2D eigenvalue weighted by Crippen LogP contribution is -2.45. The smallest absolute Gasteiger partial charge is 0.257 e. The molecule has 0 bridgehead atoms. The van der Waals surface area contributed by atoms with Gasteiger partial charge in [-0.3, -0.25) is 4.79 Å². The first kappa shape index (κ1) is 13.1. The van der Waals surface area contributed by atoms with Crippen LogP contribution >= 0.6 is 0 Å². The van der Waals surface area contributed by atoms with Crippen LogP contribution in [0, 0.1) is 13.8 Å². The Labute approximate surface area is 107 Å². The molecule has 1 unspecified atom stereocenters. The molecule has 1 atom stereocenters. The van der Waals surface area contributed by atoms with Gasteiger partial charge in [-0.15, -0.1) is 0 Å². The van der Waals surface area contributed by atoms with Crippen molar-refractivity contribution in [2.45, 2.75) is 20.0 Å². The van der Waals surface area contributed by atoms with E-state index in [9.17, 15) is 4.79 Å². The van der Waals surface area contributed by atoms with Crippen LogP contribution in [0.4, 0.5) is 0 Å². The highest BCUT2D eigenvalue weighted by atomic mass is 16.5. The van der Waals surface area contributed by atoms with E-state index in [1.165, 1.54) is 0 Å². The molecule has 2 heterocycles. The molecule has 1 N–H and O–H groups in total. The summed E-state index contributed by atoms with van der Waals surface area (Å²) in [6, 6.07) is 1.79.